The van der Waals surface area contributed by atoms with Crippen LogP contribution in [0.3, 0.4) is 0 Å². The SMILES string of the molecule is Cn1cncc1CN1C[C@H]2CC[C@@H](C1)C2NC(=O)C1CCCc2c1[nH]c1ccccc21. The van der Waals surface area contributed by atoms with Gasteiger partial charge < -0.3 is 14.9 Å². The van der Waals surface area contributed by atoms with Crippen LogP contribution in [0.1, 0.15) is 48.6 Å². The highest BCUT2D eigenvalue weighted by Crippen LogP contribution is 2.40. The van der Waals surface area contributed by atoms with Crippen LogP contribution in [0.2, 0.25) is 0 Å². The lowest BCUT2D eigenvalue weighted by molar-refractivity contribution is -0.124. The molecule has 4 atom stereocenters. The highest BCUT2D eigenvalue weighted by Gasteiger charge is 2.43. The molecule has 2 bridgehead atoms. The first-order valence-corrected chi connectivity index (χ1v) is 11.7. The topological polar surface area (TPSA) is 66.0 Å². The predicted molar refractivity (Wildman–Crippen MR) is 121 cm³/mol. The van der Waals surface area contributed by atoms with Gasteiger partial charge in [0.25, 0.3) is 0 Å². The molecular weight excluding hydrogens is 386 g/mol. The van der Waals surface area contributed by atoms with Gasteiger partial charge in [-0.2, -0.15) is 0 Å². The molecule has 6 nitrogen and oxygen atoms in total. The van der Waals surface area contributed by atoms with Crippen molar-refractivity contribution in [1.29, 1.82) is 0 Å². The molecule has 1 amide bonds. The largest absolute Gasteiger partial charge is 0.357 e. The minimum atomic E-state index is -0.0389. The van der Waals surface area contributed by atoms with Crippen LogP contribution in [-0.4, -0.2) is 44.5 Å². The zero-order chi connectivity index (χ0) is 20.9. The van der Waals surface area contributed by atoms with E-state index in [1.165, 1.54) is 29.5 Å². The summed E-state index contributed by atoms with van der Waals surface area (Å²) in [6, 6.07) is 8.79. The number of H-pyrrole nitrogens is 1. The van der Waals surface area contributed by atoms with E-state index in [1.54, 1.807) is 0 Å². The molecular formula is C25H31N5O. The fourth-order valence-corrected chi connectivity index (χ4v) is 6.39. The fraction of sp³-hybridized carbons (Fsp3) is 0.520. The Bertz CT molecular complexity index is 1100. The van der Waals surface area contributed by atoms with Gasteiger partial charge in [-0.25, -0.2) is 4.98 Å². The maximum absolute atomic E-state index is 13.5. The molecule has 3 aliphatic rings. The number of piperidine rings is 1. The van der Waals surface area contributed by atoms with Gasteiger partial charge in [-0.3, -0.25) is 9.69 Å². The number of hydrogen-bond donors (Lipinski definition) is 2. The fourth-order valence-electron chi connectivity index (χ4n) is 6.39. The Morgan fingerprint density at radius 1 is 1.19 bits per heavy atom. The van der Waals surface area contributed by atoms with E-state index in [4.69, 9.17) is 0 Å². The molecule has 0 radical (unpaired) electrons. The number of likely N-dealkylation sites (tertiary alicyclic amines) is 1. The Morgan fingerprint density at radius 2 is 2.00 bits per heavy atom. The number of fused-ring (bicyclic) bond motifs is 5. The quantitative estimate of drug-likeness (QED) is 0.684. The van der Waals surface area contributed by atoms with Crippen molar-refractivity contribution in [1.82, 2.24) is 24.8 Å². The number of rotatable bonds is 4. The van der Waals surface area contributed by atoms with Crippen molar-refractivity contribution in [3.05, 3.63) is 53.7 Å². The smallest absolute Gasteiger partial charge is 0.229 e. The van der Waals surface area contributed by atoms with E-state index in [0.29, 0.717) is 17.9 Å². The van der Waals surface area contributed by atoms with Crippen LogP contribution in [0.15, 0.2) is 36.8 Å². The van der Waals surface area contributed by atoms with E-state index in [1.807, 2.05) is 12.5 Å². The molecule has 31 heavy (non-hydrogen) atoms. The Labute approximate surface area is 183 Å². The summed E-state index contributed by atoms with van der Waals surface area (Å²) in [5.41, 5.74) is 4.94. The van der Waals surface area contributed by atoms with Crippen molar-refractivity contribution in [2.45, 2.75) is 50.6 Å². The summed E-state index contributed by atoms with van der Waals surface area (Å²) >= 11 is 0. The van der Waals surface area contributed by atoms with Crippen molar-refractivity contribution in [2.75, 3.05) is 13.1 Å². The normalized spacial score (nSPS) is 28.0. The molecule has 162 valence electrons. The van der Waals surface area contributed by atoms with Crippen LogP contribution in [0.25, 0.3) is 10.9 Å². The lowest BCUT2D eigenvalue weighted by Crippen LogP contribution is -2.53. The Morgan fingerprint density at radius 3 is 2.77 bits per heavy atom. The molecule has 2 unspecified atom stereocenters. The van der Waals surface area contributed by atoms with Gasteiger partial charge >= 0.3 is 0 Å². The first-order chi connectivity index (χ1) is 15.2. The molecule has 2 fully saturated rings. The summed E-state index contributed by atoms with van der Waals surface area (Å²) in [4.78, 5) is 23.8. The number of imidazole rings is 1. The van der Waals surface area contributed by atoms with Gasteiger partial charge in [0, 0.05) is 55.5 Å². The summed E-state index contributed by atoms with van der Waals surface area (Å²) in [6.45, 7) is 3.08. The van der Waals surface area contributed by atoms with Crippen LogP contribution >= 0.6 is 0 Å². The molecule has 1 saturated heterocycles. The van der Waals surface area contributed by atoms with Crippen molar-refractivity contribution in [3.63, 3.8) is 0 Å². The number of carbonyl (C=O) groups is 1. The average Bonchev–Trinajstić information content (AvgIpc) is 3.42. The molecule has 1 aromatic carbocycles. The molecule has 3 aromatic rings. The second-order valence-electron chi connectivity index (χ2n) is 9.83. The molecule has 6 rings (SSSR count). The Balaban J connectivity index is 1.17. The molecule has 2 aliphatic carbocycles. The lowest BCUT2D eigenvalue weighted by Gasteiger charge is -2.39. The van der Waals surface area contributed by atoms with E-state index in [-0.39, 0.29) is 11.8 Å². The first-order valence-electron chi connectivity index (χ1n) is 11.7. The second-order valence-corrected chi connectivity index (χ2v) is 9.83. The third-order valence-electron chi connectivity index (χ3n) is 7.95. The van der Waals surface area contributed by atoms with Gasteiger partial charge in [0.2, 0.25) is 5.91 Å². The number of amides is 1. The van der Waals surface area contributed by atoms with Crippen LogP contribution in [0, 0.1) is 11.8 Å². The zero-order valence-electron chi connectivity index (χ0n) is 18.2. The first kappa shape index (κ1) is 19.1. The number of hydrogen-bond acceptors (Lipinski definition) is 3. The van der Waals surface area contributed by atoms with Crippen molar-refractivity contribution in [3.8, 4) is 0 Å². The molecule has 6 heteroatoms. The second kappa shape index (κ2) is 7.52. The highest BCUT2D eigenvalue weighted by molar-refractivity contribution is 5.90. The molecule has 1 aliphatic heterocycles. The number of aromatic nitrogens is 3. The molecule has 0 spiro atoms. The number of benzene rings is 1. The van der Waals surface area contributed by atoms with E-state index in [0.717, 1.165) is 50.1 Å². The van der Waals surface area contributed by atoms with Gasteiger partial charge in [-0.05, 0) is 55.6 Å². The molecule has 1 saturated carbocycles. The van der Waals surface area contributed by atoms with Gasteiger partial charge in [0.05, 0.1) is 17.9 Å². The summed E-state index contributed by atoms with van der Waals surface area (Å²) in [7, 11) is 2.06. The standard InChI is InChI=1S/C25H31N5O/c1-29-15-26-11-18(29)14-30-12-16-9-10-17(13-30)23(16)28-25(31)21-7-4-6-20-19-5-2-3-8-22(19)27-24(20)21/h2-3,5,8,11,15-17,21,23,27H,4,6-7,9-10,12-14H2,1H3,(H,28,31)/t16-,17+,21?,23?. The number of para-hydroxylation sites is 1. The highest BCUT2D eigenvalue weighted by atomic mass is 16.2. The van der Waals surface area contributed by atoms with Crippen LogP contribution in [0.5, 0.6) is 0 Å². The maximum Gasteiger partial charge on any atom is 0.229 e. The number of nitrogens with zero attached hydrogens (tertiary/aromatic N) is 3. The number of carbonyl (C=O) groups excluding carboxylic acids is 1. The maximum atomic E-state index is 13.5. The number of aryl methyl sites for hydroxylation is 2. The van der Waals surface area contributed by atoms with E-state index in [2.05, 4.69) is 56.1 Å². The summed E-state index contributed by atoms with van der Waals surface area (Å²) in [5.74, 6) is 1.31. The Kier molecular flexibility index (Phi) is 4.64. The minimum Gasteiger partial charge on any atom is -0.357 e. The van der Waals surface area contributed by atoms with Crippen molar-refractivity contribution < 1.29 is 4.79 Å². The molecule has 2 aromatic heterocycles. The zero-order valence-corrected chi connectivity index (χ0v) is 18.2. The average molecular weight is 418 g/mol. The predicted octanol–water partition coefficient (Wildman–Crippen LogP) is 3.35. The van der Waals surface area contributed by atoms with Crippen LogP contribution < -0.4 is 5.32 Å². The third-order valence-corrected chi connectivity index (χ3v) is 7.95. The summed E-state index contributed by atoms with van der Waals surface area (Å²) < 4.78 is 2.11. The summed E-state index contributed by atoms with van der Waals surface area (Å²) in [5, 5.41) is 4.81. The lowest BCUT2D eigenvalue weighted by atomic mass is 9.85. The van der Waals surface area contributed by atoms with E-state index < -0.39 is 0 Å². The molecule has 3 heterocycles. The van der Waals surface area contributed by atoms with Gasteiger partial charge in [-0.15, -0.1) is 0 Å². The van der Waals surface area contributed by atoms with E-state index >= 15 is 0 Å². The van der Waals surface area contributed by atoms with Gasteiger partial charge in [0.1, 0.15) is 0 Å². The third kappa shape index (κ3) is 3.28. The van der Waals surface area contributed by atoms with Gasteiger partial charge in [-0.1, -0.05) is 18.2 Å². The van der Waals surface area contributed by atoms with Crippen molar-refractivity contribution in [2.24, 2.45) is 18.9 Å². The minimum absolute atomic E-state index is 0.0389. The van der Waals surface area contributed by atoms with Gasteiger partial charge in [0.15, 0.2) is 0 Å². The summed E-state index contributed by atoms with van der Waals surface area (Å²) in [6.07, 6.45) is 9.39. The monoisotopic (exact) mass is 417 g/mol. The molecule has 2 N–H and O–H groups in total. The number of nitrogens with one attached hydrogen (secondary N) is 2. The van der Waals surface area contributed by atoms with Crippen molar-refractivity contribution >= 4 is 16.8 Å². The van der Waals surface area contributed by atoms with E-state index in [9.17, 15) is 4.79 Å². The number of aromatic amines is 1. The Hall–Kier alpha value is -2.60. The van der Waals surface area contributed by atoms with Crippen LogP contribution in [-0.2, 0) is 24.8 Å². The van der Waals surface area contributed by atoms with Crippen LogP contribution in [0.4, 0.5) is 0 Å².